The van der Waals surface area contributed by atoms with Crippen molar-refractivity contribution in [1.29, 1.82) is 0 Å². The van der Waals surface area contributed by atoms with Crippen molar-refractivity contribution in [3.8, 4) is 11.7 Å². The molecule has 6 nitrogen and oxygen atoms in total. The normalized spacial score (nSPS) is 20.6. The van der Waals surface area contributed by atoms with E-state index in [0.717, 1.165) is 29.6 Å². The maximum Gasteiger partial charge on any atom is 0.263 e. The van der Waals surface area contributed by atoms with Gasteiger partial charge in [-0.05, 0) is 30.7 Å². The zero-order chi connectivity index (χ0) is 17.4. The van der Waals surface area contributed by atoms with E-state index in [1.165, 1.54) is 0 Å². The van der Waals surface area contributed by atoms with Gasteiger partial charge in [0, 0.05) is 17.4 Å². The number of aromatic nitrogens is 1. The largest absolute Gasteiger partial charge is 0.459 e. The Bertz CT molecular complexity index is 940. The number of hydrazone groups is 1. The molecule has 1 amide bonds. The van der Waals surface area contributed by atoms with E-state index < -0.39 is 0 Å². The zero-order valence-corrected chi connectivity index (χ0v) is 14.2. The topological polar surface area (TPSA) is 80.6 Å². The smallest absolute Gasteiger partial charge is 0.263 e. The third kappa shape index (κ3) is 2.73. The van der Waals surface area contributed by atoms with Gasteiger partial charge in [-0.3, -0.25) is 4.79 Å². The summed E-state index contributed by atoms with van der Waals surface area (Å²) in [4.78, 5) is 16.5. The number of benzene rings is 1. The number of fused-ring (bicyclic) bond motifs is 1. The monoisotopic (exact) mass is 337 g/mol. The van der Waals surface area contributed by atoms with E-state index in [9.17, 15) is 4.79 Å². The van der Waals surface area contributed by atoms with Crippen LogP contribution in [0.2, 0.25) is 0 Å². The standard InChI is InChI=1S/C19H19N3O3/c1-3-5-13-11(2)17(21-22-18(13)23)12-7-8-14-16(10-12)25-19(20-14)15-6-4-9-24-15/h4,6-11,13H,3,5H2,1-2H3,(H,22,23). The maximum atomic E-state index is 12.1. The Morgan fingerprint density at radius 3 is 2.92 bits per heavy atom. The fraction of sp³-hybridized carbons (Fsp3) is 0.316. The second-order valence-electron chi connectivity index (χ2n) is 6.34. The van der Waals surface area contributed by atoms with Crippen molar-refractivity contribution in [1.82, 2.24) is 10.4 Å². The molecule has 3 heterocycles. The number of carbonyl (C=O) groups excluding carboxylic acids is 1. The van der Waals surface area contributed by atoms with E-state index in [2.05, 4.69) is 29.4 Å². The first-order chi connectivity index (χ1) is 12.2. The van der Waals surface area contributed by atoms with Crippen molar-refractivity contribution in [2.45, 2.75) is 26.7 Å². The molecule has 25 heavy (non-hydrogen) atoms. The van der Waals surface area contributed by atoms with Crippen LogP contribution in [-0.2, 0) is 4.79 Å². The molecule has 1 aliphatic heterocycles. The molecule has 0 spiro atoms. The van der Waals surface area contributed by atoms with E-state index >= 15 is 0 Å². The summed E-state index contributed by atoms with van der Waals surface area (Å²) in [6.45, 7) is 4.14. The van der Waals surface area contributed by atoms with Crippen LogP contribution in [0.4, 0.5) is 0 Å². The molecule has 2 unspecified atom stereocenters. The van der Waals surface area contributed by atoms with Crippen molar-refractivity contribution >= 4 is 22.7 Å². The summed E-state index contributed by atoms with van der Waals surface area (Å²) >= 11 is 0. The summed E-state index contributed by atoms with van der Waals surface area (Å²) in [5.74, 6) is 1.04. The van der Waals surface area contributed by atoms with Crippen LogP contribution in [0.3, 0.4) is 0 Å². The molecule has 4 rings (SSSR count). The summed E-state index contributed by atoms with van der Waals surface area (Å²) in [6.07, 6.45) is 3.40. The lowest BCUT2D eigenvalue weighted by atomic mass is 9.82. The number of rotatable bonds is 4. The highest BCUT2D eigenvalue weighted by molar-refractivity contribution is 6.07. The van der Waals surface area contributed by atoms with E-state index in [0.29, 0.717) is 17.2 Å². The minimum atomic E-state index is -0.0541. The van der Waals surface area contributed by atoms with Crippen LogP contribution < -0.4 is 5.43 Å². The van der Waals surface area contributed by atoms with E-state index in [4.69, 9.17) is 8.83 Å². The predicted molar refractivity (Wildman–Crippen MR) is 94.0 cm³/mol. The average molecular weight is 337 g/mol. The lowest BCUT2D eigenvalue weighted by Gasteiger charge is -2.27. The number of hydrogen-bond donors (Lipinski definition) is 1. The van der Waals surface area contributed by atoms with Crippen molar-refractivity contribution in [3.63, 3.8) is 0 Å². The Balaban J connectivity index is 1.70. The van der Waals surface area contributed by atoms with Gasteiger partial charge in [-0.2, -0.15) is 5.10 Å². The molecule has 128 valence electrons. The van der Waals surface area contributed by atoms with Crippen molar-refractivity contribution in [3.05, 3.63) is 42.2 Å². The number of furan rings is 1. The molecule has 2 atom stereocenters. The number of nitrogens with one attached hydrogen (secondary N) is 1. The average Bonchev–Trinajstić information content (AvgIpc) is 3.26. The van der Waals surface area contributed by atoms with Crippen LogP contribution in [0.5, 0.6) is 0 Å². The first kappa shape index (κ1) is 15.6. The predicted octanol–water partition coefficient (Wildman–Crippen LogP) is 3.97. The fourth-order valence-corrected chi connectivity index (χ4v) is 3.33. The number of nitrogens with zero attached hydrogens (tertiary/aromatic N) is 2. The van der Waals surface area contributed by atoms with Crippen LogP contribution >= 0.6 is 0 Å². The molecule has 3 aromatic rings. The van der Waals surface area contributed by atoms with Gasteiger partial charge in [0.1, 0.15) is 5.52 Å². The van der Waals surface area contributed by atoms with Crippen LogP contribution in [0.15, 0.2) is 50.5 Å². The first-order valence-electron chi connectivity index (χ1n) is 8.49. The Kier molecular flexibility index (Phi) is 3.87. The van der Waals surface area contributed by atoms with Crippen LogP contribution in [0, 0.1) is 11.8 Å². The Hall–Kier alpha value is -2.89. The molecule has 1 N–H and O–H groups in total. The van der Waals surface area contributed by atoms with E-state index in [1.807, 2.05) is 24.3 Å². The molecule has 1 aromatic carbocycles. The van der Waals surface area contributed by atoms with Crippen LogP contribution in [0.1, 0.15) is 32.3 Å². The lowest BCUT2D eigenvalue weighted by Crippen LogP contribution is -2.40. The van der Waals surface area contributed by atoms with E-state index in [-0.39, 0.29) is 17.7 Å². The maximum absolute atomic E-state index is 12.1. The van der Waals surface area contributed by atoms with Gasteiger partial charge in [0.15, 0.2) is 11.3 Å². The van der Waals surface area contributed by atoms with Gasteiger partial charge < -0.3 is 8.83 Å². The molecular formula is C19H19N3O3. The molecule has 1 aliphatic rings. The SMILES string of the molecule is CCCC1C(=O)NN=C(c2ccc3nc(-c4ccco4)oc3c2)C1C. The summed E-state index contributed by atoms with van der Waals surface area (Å²) < 4.78 is 11.2. The molecule has 6 heteroatoms. The van der Waals surface area contributed by atoms with Gasteiger partial charge in [0.05, 0.1) is 12.0 Å². The first-order valence-corrected chi connectivity index (χ1v) is 8.49. The molecular weight excluding hydrogens is 318 g/mol. The minimum Gasteiger partial charge on any atom is -0.459 e. The molecule has 0 saturated carbocycles. The second kappa shape index (κ2) is 6.20. The van der Waals surface area contributed by atoms with Gasteiger partial charge in [-0.15, -0.1) is 0 Å². The van der Waals surface area contributed by atoms with Gasteiger partial charge in [0.25, 0.3) is 5.89 Å². The third-order valence-electron chi connectivity index (χ3n) is 4.67. The van der Waals surface area contributed by atoms with Crippen LogP contribution in [-0.4, -0.2) is 16.6 Å². The van der Waals surface area contributed by atoms with Crippen molar-refractivity contribution in [2.24, 2.45) is 16.9 Å². The number of hydrogen-bond acceptors (Lipinski definition) is 5. The molecule has 0 aliphatic carbocycles. The van der Waals surface area contributed by atoms with Crippen molar-refractivity contribution in [2.75, 3.05) is 0 Å². The third-order valence-corrected chi connectivity index (χ3v) is 4.67. The van der Waals surface area contributed by atoms with Gasteiger partial charge >= 0.3 is 0 Å². The number of amides is 1. The number of carbonyl (C=O) groups is 1. The molecule has 2 aromatic heterocycles. The lowest BCUT2D eigenvalue weighted by molar-refractivity contribution is -0.126. The Morgan fingerprint density at radius 2 is 2.16 bits per heavy atom. The quantitative estimate of drug-likeness (QED) is 0.781. The Morgan fingerprint density at radius 1 is 1.28 bits per heavy atom. The number of oxazole rings is 1. The molecule has 0 saturated heterocycles. The highest BCUT2D eigenvalue weighted by atomic mass is 16.4. The van der Waals surface area contributed by atoms with Gasteiger partial charge in [-0.25, -0.2) is 10.4 Å². The summed E-state index contributed by atoms with van der Waals surface area (Å²) in [6, 6.07) is 9.40. The highest BCUT2D eigenvalue weighted by Gasteiger charge is 2.32. The molecule has 0 radical (unpaired) electrons. The Labute approximate surface area is 144 Å². The van der Waals surface area contributed by atoms with Crippen molar-refractivity contribution < 1.29 is 13.6 Å². The van der Waals surface area contributed by atoms with Gasteiger partial charge in [-0.1, -0.05) is 26.3 Å². The highest BCUT2D eigenvalue weighted by Crippen LogP contribution is 2.29. The van der Waals surface area contributed by atoms with Gasteiger partial charge in [0.2, 0.25) is 5.91 Å². The second-order valence-corrected chi connectivity index (χ2v) is 6.34. The van der Waals surface area contributed by atoms with E-state index in [1.54, 1.807) is 12.3 Å². The van der Waals surface area contributed by atoms with Crippen LogP contribution in [0.25, 0.3) is 22.8 Å². The fourth-order valence-electron chi connectivity index (χ4n) is 3.33. The summed E-state index contributed by atoms with van der Waals surface area (Å²) in [5, 5.41) is 4.29. The molecule has 0 fully saturated rings. The molecule has 0 bridgehead atoms. The summed E-state index contributed by atoms with van der Waals surface area (Å²) in [5.41, 5.74) is 5.89. The minimum absolute atomic E-state index is 0.000973. The zero-order valence-electron chi connectivity index (χ0n) is 14.2. The summed E-state index contributed by atoms with van der Waals surface area (Å²) in [7, 11) is 0.